The standard InChI is InChI=1S/C11H15FN2O3S/c1-2-11(15)6-14(7-11)18(16,17)10-4-3-8(13)5-9(10)12/h3-5,15H,2,6-7,13H2,1H3. The van der Waals surface area contributed by atoms with Crippen molar-refractivity contribution in [3.8, 4) is 0 Å². The summed E-state index contributed by atoms with van der Waals surface area (Å²) in [5.74, 6) is -0.873. The topological polar surface area (TPSA) is 83.6 Å². The maximum absolute atomic E-state index is 13.6. The number of nitrogens with zero attached hydrogens (tertiary/aromatic N) is 1. The molecule has 1 fully saturated rings. The number of rotatable bonds is 3. The van der Waals surface area contributed by atoms with E-state index in [4.69, 9.17) is 5.73 Å². The van der Waals surface area contributed by atoms with Gasteiger partial charge in [0, 0.05) is 18.8 Å². The van der Waals surface area contributed by atoms with Gasteiger partial charge in [0.1, 0.15) is 10.7 Å². The molecule has 0 spiro atoms. The first-order valence-corrected chi connectivity index (χ1v) is 7.00. The van der Waals surface area contributed by atoms with E-state index in [-0.39, 0.29) is 18.8 Å². The van der Waals surface area contributed by atoms with Crippen LogP contribution in [-0.2, 0) is 10.0 Å². The number of β-amino-alcohol motifs (C(OH)–C–C–N with tert-alkyl or cyclic N) is 1. The number of sulfonamides is 1. The summed E-state index contributed by atoms with van der Waals surface area (Å²) in [6, 6.07) is 3.45. The van der Waals surface area contributed by atoms with Gasteiger partial charge in [-0.15, -0.1) is 0 Å². The Morgan fingerprint density at radius 2 is 2.11 bits per heavy atom. The first-order valence-electron chi connectivity index (χ1n) is 5.56. The van der Waals surface area contributed by atoms with E-state index in [1.54, 1.807) is 6.92 Å². The zero-order chi connectivity index (χ0) is 13.6. The first-order chi connectivity index (χ1) is 8.28. The molecule has 0 radical (unpaired) electrons. The Morgan fingerprint density at radius 3 is 2.61 bits per heavy atom. The molecule has 0 saturated carbocycles. The number of hydrogen-bond donors (Lipinski definition) is 2. The predicted molar refractivity (Wildman–Crippen MR) is 64.8 cm³/mol. The highest BCUT2D eigenvalue weighted by molar-refractivity contribution is 7.89. The van der Waals surface area contributed by atoms with Crippen LogP contribution in [0.3, 0.4) is 0 Å². The van der Waals surface area contributed by atoms with Crippen LogP contribution in [0.2, 0.25) is 0 Å². The number of nitrogen functional groups attached to an aromatic ring is 1. The molecule has 0 unspecified atom stereocenters. The van der Waals surface area contributed by atoms with Crippen molar-refractivity contribution in [2.75, 3.05) is 18.8 Å². The third-order valence-corrected chi connectivity index (χ3v) is 5.00. The Balaban J connectivity index is 2.28. The summed E-state index contributed by atoms with van der Waals surface area (Å²) in [6.07, 6.45) is 0.462. The van der Waals surface area contributed by atoms with Gasteiger partial charge in [-0.3, -0.25) is 0 Å². The van der Waals surface area contributed by atoms with E-state index in [0.29, 0.717) is 6.42 Å². The van der Waals surface area contributed by atoms with Crippen LogP contribution in [0.25, 0.3) is 0 Å². The van der Waals surface area contributed by atoms with Crippen LogP contribution in [0.1, 0.15) is 13.3 Å². The zero-order valence-corrected chi connectivity index (χ0v) is 10.7. The molecule has 0 aromatic heterocycles. The molecule has 0 aliphatic carbocycles. The van der Waals surface area contributed by atoms with E-state index in [0.717, 1.165) is 16.4 Å². The second-order valence-electron chi connectivity index (χ2n) is 4.54. The predicted octanol–water partition coefficient (Wildman–Crippen LogP) is 0.553. The fraction of sp³-hybridized carbons (Fsp3) is 0.455. The lowest BCUT2D eigenvalue weighted by molar-refractivity contribution is -0.0614. The number of anilines is 1. The molecule has 100 valence electrons. The van der Waals surface area contributed by atoms with Crippen molar-refractivity contribution in [1.29, 1.82) is 0 Å². The van der Waals surface area contributed by atoms with Gasteiger partial charge in [0.05, 0.1) is 5.60 Å². The van der Waals surface area contributed by atoms with Gasteiger partial charge >= 0.3 is 0 Å². The largest absolute Gasteiger partial charge is 0.399 e. The second-order valence-corrected chi connectivity index (χ2v) is 6.45. The fourth-order valence-electron chi connectivity index (χ4n) is 1.87. The van der Waals surface area contributed by atoms with Crippen LogP contribution in [0.4, 0.5) is 10.1 Å². The molecule has 0 atom stereocenters. The molecule has 2 rings (SSSR count). The maximum atomic E-state index is 13.6. The van der Waals surface area contributed by atoms with Gasteiger partial charge in [-0.1, -0.05) is 6.92 Å². The molecule has 1 aliphatic heterocycles. The van der Waals surface area contributed by atoms with Crippen LogP contribution in [-0.4, -0.2) is 36.5 Å². The molecule has 1 heterocycles. The van der Waals surface area contributed by atoms with Crippen LogP contribution >= 0.6 is 0 Å². The summed E-state index contributed by atoms with van der Waals surface area (Å²) in [7, 11) is -3.89. The van der Waals surface area contributed by atoms with Gasteiger partial charge in [0.2, 0.25) is 10.0 Å². The Morgan fingerprint density at radius 1 is 1.50 bits per heavy atom. The van der Waals surface area contributed by atoms with Gasteiger partial charge in [-0.05, 0) is 24.6 Å². The smallest absolute Gasteiger partial charge is 0.246 e. The van der Waals surface area contributed by atoms with Gasteiger partial charge in [0.25, 0.3) is 0 Å². The highest BCUT2D eigenvalue weighted by Gasteiger charge is 2.46. The van der Waals surface area contributed by atoms with E-state index in [1.807, 2.05) is 0 Å². The summed E-state index contributed by atoms with van der Waals surface area (Å²) in [5.41, 5.74) is 4.55. The average Bonchev–Trinajstić information content (AvgIpc) is 2.24. The summed E-state index contributed by atoms with van der Waals surface area (Å²) in [5, 5.41) is 9.79. The van der Waals surface area contributed by atoms with Gasteiger partial charge in [-0.25, -0.2) is 12.8 Å². The lowest BCUT2D eigenvalue weighted by atomic mass is 9.94. The minimum atomic E-state index is -3.89. The van der Waals surface area contributed by atoms with E-state index >= 15 is 0 Å². The van der Waals surface area contributed by atoms with Crippen LogP contribution in [0.15, 0.2) is 23.1 Å². The molecule has 0 bridgehead atoms. The monoisotopic (exact) mass is 274 g/mol. The fourth-order valence-corrected chi connectivity index (χ4v) is 3.51. The average molecular weight is 274 g/mol. The summed E-state index contributed by atoms with van der Waals surface area (Å²) < 4.78 is 38.8. The van der Waals surface area contributed by atoms with Crippen molar-refractivity contribution in [3.05, 3.63) is 24.0 Å². The van der Waals surface area contributed by atoms with Crippen molar-refractivity contribution >= 4 is 15.7 Å². The third kappa shape index (κ3) is 2.09. The Labute approximate surface area is 105 Å². The van der Waals surface area contributed by atoms with E-state index in [1.165, 1.54) is 6.07 Å². The number of nitrogens with two attached hydrogens (primary N) is 1. The lowest BCUT2D eigenvalue weighted by Crippen LogP contribution is -2.62. The van der Waals surface area contributed by atoms with E-state index in [2.05, 4.69) is 0 Å². The summed E-state index contributed by atoms with van der Waals surface area (Å²) in [6.45, 7) is 1.76. The molecule has 0 amide bonds. The maximum Gasteiger partial charge on any atom is 0.246 e. The normalized spacial score (nSPS) is 19.5. The molecule has 1 saturated heterocycles. The Bertz CT molecular complexity index is 568. The van der Waals surface area contributed by atoms with Crippen LogP contribution in [0.5, 0.6) is 0 Å². The van der Waals surface area contributed by atoms with Crippen LogP contribution < -0.4 is 5.73 Å². The molecular weight excluding hydrogens is 259 g/mol. The van der Waals surface area contributed by atoms with Gasteiger partial charge in [0.15, 0.2) is 0 Å². The minimum absolute atomic E-state index is 0.00432. The highest BCUT2D eigenvalue weighted by Crippen LogP contribution is 2.31. The van der Waals surface area contributed by atoms with Gasteiger partial charge < -0.3 is 10.8 Å². The number of halogens is 1. The lowest BCUT2D eigenvalue weighted by Gasteiger charge is -2.44. The summed E-state index contributed by atoms with van der Waals surface area (Å²) in [4.78, 5) is -0.408. The van der Waals surface area contributed by atoms with Gasteiger partial charge in [-0.2, -0.15) is 4.31 Å². The molecule has 1 aromatic rings. The molecular formula is C11H15FN2O3S. The Hall–Kier alpha value is -1.18. The van der Waals surface area contributed by atoms with Crippen LogP contribution in [0, 0.1) is 5.82 Å². The van der Waals surface area contributed by atoms with Crippen molar-refractivity contribution in [2.24, 2.45) is 0 Å². The molecule has 18 heavy (non-hydrogen) atoms. The van der Waals surface area contributed by atoms with E-state index in [9.17, 15) is 17.9 Å². The molecule has 3 N–H and O–H groups in total. The van der Waals surface area contributed by atoms with E-state index < -0.39 is 26.3 Å². The van der Waals surface area contributed by atoms with Crippen molar-refractivity contribution in [1.82, 2.24) is 4.31 Å². The number of hydrogen-bond acceptors (Lipinski definition) is 4. The quantitative estimate of drug-likeness (QED) is 0.789. The zero-order valence-electron chi connectivity index (χ0n) is 9.93. The van der Waals surface area contributed by atoms with Crippen molar-refractivity contribution in [3.63, 3.8) is 0 Å². The SMILES string of the molecule is CCC1(O)CN(S(=O)(=O)c2ccc(N)cc2F)C1. The Kier molecular flexibility index (Phi) is 3.08. The molecule has 7 heteroatoms. The minimum Gasteiger partial charge on any atom is -0.399 e. The molecule has 1 aromatic carbocycles. The highest BCUT2D eigenvalue weighted by atomic mass is 32.2. The first kappa shape index (κ1) is 13.3. The van der Waals surface area contributed by atoms with Crippen molar-refractivity contribution < 1.29 is 17.9 Å². The third-order valence-electron chi connectivity index (χ3n) is 3.17. The molecule has 5 nitrogen and oxygen atoms in total. The number of benzene rings is 1. The molecule has 1 aliphatic rings. The second kappa shape index (κ2) is 4.18. The van der Waals surface area contributed by atoms with Crippen molar-refractivity contribution in [2.45, 2.75) is 23.8 Å². The number of aliphatic hydroxyl groups is 1. The summed E-state index contributed by atoms with van der Waals surface area (Å²) >= 11 is 0.